The standard InChI is InChI=1S/C11H14BrN3O/c12-9-4-3-8(13)7-10(9)14-11(16)15-5-1-2-6-15/h3-4,7H,1-2,5-6,13H2,(H,14,16). The number of amides is 2. The van der Waals surface area contributed by atoms with Crippen molar-refractivity contribution in [2.45, 2.75) is 12.8 Å². The lowest BCUT2D eigenvalue weighted by Crippen LogP contribution is -2.32. The Kier molecular flexibility index (Phi) is 3.33. The smallest absolute Gasteiger partial charge is 0.321 e. The normalized spacial score (nSPS) is 15.2. The summed E-state index contributed by atoms with van der Waals surface area (Å²) in [4.78, 5) is 13.6. The molecule has 1 aromatic carbocycles. The quantitative estimate of drug-likeness (QED) is 0.779. The van der Waals surface area contributed by atoms with Crippen molar-refractivity contribution in [3.05, 3.63) is 22.7 Å². The zero-order chi connectivity index (χ0) is 11.5. The Morgan fingerprint density at radius 2 is 2.06 bits per heavy atom. The topological polar surface area (TPSA) is 58.4 Å². The number of nitrogen functional groups attached to an aromatic ring is 1. The molecule has 0 aromatic heterocycles. The fraction of sp³-hybridized carbons (Fsp3) is 0.364. The van der Waals surface area contributed by atoms with E-state index in [4.69, 9.17) is 5.73 Å². The molecule has 0 unspecified atom stereocenters. The summed E-state index contributed by atoms with van der Waals surface area (Å²) in [6.07, 6.45) is 2.18. The van der Waals surface area contributed by atoms with Crippen molar-refractivity contribution in [2.75, 3.05) is 24.1 Å². The molecule has 0 saturated carbocycles. The Bertz CT molecular complexity index is 402. The van der Waals surface area contributed by atoms with Crippen molar-refractivity contribution in [2.24, 2.45) is 0 Å². The van der Waals surface area contributed by atoms with Crippen LogP contribution in [0.3, 0.4) is 0 Å². The number of carbonyl (C=O) groups excluding carboxylic acids is 1. The molecule has 0 aliphatic carbocycles. The van der Waals surface area contributed by atoms with Gasteiger partial charge in [0.1, 0.15) is 0 Å². The summed E-state index contributed by atoms with van der Waals surface area (Å²) in [5, 5.41) is 2.85. The predicted octanol–water partition coefficient (Wildman–Crippen LogP) is 2.66. The summed E-state index contributed by atoms with van der Waals surface area (Å²) in [6.45, 7) is 1.68. The van der Waals surface area contributed by atoms with Crippen LogP contribution < -0.4 is 11.1 Å². The first-order valence-corrected chi connectivity index (χ1v) is 6.07. The van der Waals surface area contributed by atoms with Crippen LogP contribution in [0.4, 0.5) is 16.2 Å². The van der Waals surface area contributed by atoms with Crippen molar-refractivity contribution in [3.8, 4) is 0 Å². The van der Waals surface area contributed by atoms with E-state index in [-0.39, 0.29) is 6.03 Å². The minimum absolute atomic E-state index is 0.0520. The predicted molar refractivity (Wildman–Crippen MR) is 68.4 cm³/mol. The zero-order valence-corrected chi connectivity index (χ0v) is 10.5. The third-order valence-corrected chi connectivity index (χ3v) is 3.32. The van der Waals surface area contributed by atoms with Gasteiger partial charge in [0.05, 0.1) is 5.69 Å². The monoisotopic (exact) mass is 283 g/mol. The van der Waals surface area contributed by atoms with E-state index in [2.05, 4.69) is 21.2 Å². The van der Waals surface area contributed by atoms with Crippen LogP contribution in [0.2, 0.25) is 0 Å². The van der Waals surface area contributed by atoms with Gasteiger partial charge in [0.25, 0.3) is 0 Å². The summed E-state index contributed by atoms with van der Waals surface area (Å²) in [5.41, 5.74) is 7.03. The molecule has 1 aliphatic heterocycles. The van der Waals surface area contributed by atoms with E-state index in [1.165, 1.54) is 0 Å². The highest BCUT2D eigenvalue weighted by molar-refractivity contribution is 9.10. The lowest BCUT2D eigenvalue weighted by Gasteiger charge is -2.17. The van der Waals surface area contributed by atoms with E-state index in [0.717, 1.165) is 36.1 Å². The van der Waals surface area contributed by atoms with Crippen molar-refractivity contribution >= 4 is 33.3 Å². The molecule has 2 amide bonds. The molecule has 5 heteroatoms. The van der Waals surface area contributed by atoms with E-state index in [9.17, 15) is 4.79 Å². The van der Waals surface area contributed by atoms with Gasteiger partial charge in [-0.2, -0.15) is 0 Å². The number of anilines is 2. The molecule has 3 N–H and O–H groups in total. The molecular formula is C11H14BrN3O. The number of hydrogen-bond acceptors (Lipinski definition) is 2. The van der Waals surface area contributed by atoms with Crippen molar-refractivity contribution < 1.29 is 4.79 Å². The maximum atomic E-state index is 11.8. The van der Waals surface area contributed by atoms with Crippen molar-refractivity contribution in [1.82, 2.24) is 4.90 Å². The van der Waals surface area contributed by atoms with Crippen LogP contribution in [0.15, 0.2) is 22.7 Å². The van der Waals surface area contributed by atoms with Crippen molar-refractivity contribution in [1.29, 1.82) is 0 Å². The van der Waals surface area contributed by atoms with Gasteiger partial charge in [-0.1, -0.05) is 0 Å². The van der Waals surface area contributed by atoms with Gasteiger partial charge in [0.15, 0.2) is 0 Å². The first-order valence-electron chi connectivity index (χ1n) is 5.28. The first kappa shape index (κ1) is 11.3. The number of rotatable bonds is 1. The number of nitrogens with zero attached hydrogens (tertiary/aromatic N) is 1. The molecule has 2 rings (SSSR count). The summed E-state index contributed by atoms with van der Waals surface area (Å²) < 4.78 is 0.842. The molecule has 1 fully saturated rings. The van der Waals surface area contributed by atoms with Gasteiger partial charge in [-0.25, -0.2) is 4.79 Å². The minimum Gasteiger partial charge on any atom is -0.399 e. The molecule has 1 aliphatic rings. The number of halogens is 1. The lowest BCUT2D eigenvalue weighted by molar-refractivity contribution is 0.222. The third kappa shape index (κ3) is 2.47. The summed E-state index contributed by atoms with van der Waals surface area (Å²) in [6, 6.07) is 5.31. The number of carbonyl (C=O) groups is 1. The Hall–Kier alpha value is -1.23. The van der Waals surface area contributed by atoms with Crippen molar-refractivity contribution in [3.63, 3.8) is 0 Å². The van der Waals surface area contributed by atoms with Crippen LogP contribution in [0.25, 0.3) is 0 Å². The number of nitrogens with two attached hydrogens (primary N) is 1. The second-order valence-electron chi connectivity index (χ2n) is 3.86. The van der Waals surface area contributed by atoms with E-state index in [1.807, 2.05) is 11.0 Å². The molecule has 86 valence electrons. The maximum absolute atomic E-state index is 11.8. The van der Waals surface area contributed by atoms with Gasteiger partial charge >= 0.3 is 6.03 Å². The number of urea groups is 1. The molecular weight excluding hydrogens is 270 g/mol. The fourth-order valence-corrected chi connectivity index (χ4v) is 2.10. The number of hydrogen-bond donors (Lipinski definition) is 2. The molecule has 16 heavy (non-hydrogen) atoms. The summed E-state index contributed by atoms with van der Waals surface area (Å²) in [5.74, 6) is 0. The molecule has 4 nitrogen and oxygen atoms in total. The average Bonchev–Trinajstić information content (AvgIpc) is 2.76. The van der Waals surface area contributed by atoms with Crippen LogP contribution in [-0.2, 0) is 0 Å². The Labute approximate surface area is 103 Å². The highest BCUT2D eigenvalue weighted by Crippen LogP contribution is 2.25. The second-order valence-corrected chi connectivity index (χ2v) is 4.72. The molecule has 1 saturated heterocycles. The maximum Gasteiger partial charge on any atom is 0.321 e. The minimum atomic E-state index is -0.0520. The van der Waals surface area contributed by atoms with Crippen LogP contribution in [-0.4, -0.2) is 24.0 Å². The Morgan fingerprint density at radius 1 is 1.38 bits per heavy atom. The number of benzene rings is 1. The third-order valence-electron chi connectivity index (χ3n) is 2.63. The SMILES string of the molecule is Nc1ccc(Br)c(NC(=O)N2CCCC2)c1. The average molecular weight is 284 g/mol. The van der Waals surface area contributed by atoms with E-state index in [1.54, 1.807) is 12.1 Å². The molecule has 0 spiro atoms. The Morgan fingerprint density at radius 3 is 2.75 bits per heavy atom. The van der Waals surface area contributed by atoms with Gasteiger partial charge in [0.2, 0.25) is 0 Å². The zero-order valence-electron chi connectivity index (χ0n) is 8.87. The van der Waals surface area contributed by atoms with Gasteiger partial charge in [-0.15, -0.1) is 0 Å². The van der Waals surface area contributed by atoms with Gasteiger partial charge in [0, 0.05) is 23.2 Å². The summed E-state index contributed by atoms with van der Waals surface area (Å²) in [7, 11) is 0. The highest BCUT2D eigenvalue weighted by atomic mass is 79.9. The highest BCUT2D eigenvalue weighted by Gasteiger charge is 2.18. The first-order chi connectivity index (χ1) is 7.66. The second kappa shape index (κ2) is 4.74. The van der Waals surface area contributed by atoms with E-state index >= 15 is 0 Å². The van der Waals surface area contributed by atoms with Gasteiger partial charge in [-0.05, 0) is 47.0 Å². The summed E-state index contributed by atoms with van der Waals surface area (Å²) >= 11 is 3.38. The molecule has 1 heterocycles. The van der Waals surface area contributed by atoms with Crippen LogP contribution in [0, 0.1) is 0 Å². The Balaban J connectivity index is 2.07. The van der Waals surface area contributed by atoms with Gasteiger partial charge < -0.3 is 16.0 Å². The largest absolute Gasteiger partial charge is 0.399 e. The molecule has 0 radical (unpaired) electrons. The van der Waals surface area contributed by atoms with Gasteiger partial charge in [-0.3, -0.25) is 0 Å². The van der Waals surface area contributed by atoms with Crippen LogP contribution in [0.5, 0.6) is 0 Å². The number of likely N-dealkylation sites (tertiary alicyclic amines) is 1. The van der Waals surface area contributed by atoms with E-state index in [0.29, 0.717) is 5.69 Å². The van der Waals surface area contributed by atoms with Crippen LogP contribution >= 0.6 is 15.9 Å². The fourth-order valence-electron chi connectivity index (χ4n) is 1.75. The molecule has 0 bridgehead atoms. The lowest BCUT2D eigenvalue weighted by atomic mass is 10.3. The number of nitrogens with one attached hydrogen (secondary N) is 1. The molecule has 0 atom stereocenters. The van der Waals surface area contributed by atoms with E-state index < -0.39 is 0 Å². The molecule has 1 aromatic rings. The van der Waals surface area contributed by atoms with Crippen LogP contribution in [0.1, 0.15) is 12.8 Å².